The smallest absolute Gasteiger partial charge is 0.0545 e. The lowest BCUT2D eigenvalue weighted by atomic mass is 9.85. The Kier molecular flexibility index (Phi) is 5.79. The highest BCUT2D eigenvalue weighted by Crippen LogP contribution is 2.26. The van der Waals surface area contributed by atoms with Crippen molar-refractivity contribution in [2.75, 3.05) is 5.75 Å². The van der Waals surface area contributed by atoms with Gasteiger partial charge in [0.1, 0.15) is 0 Å². The molecule has 0 bridgehead atoms. The molecule has 0 spiro atoms. The molecule has 2 N–H and O–H groups in total. The summed E-state index contributed by atoms with van der Waals surface area (Å²) in [6.45, 7) is 4.34. The molecule has 2 rings (SSSR count). The largest absolute Gasteiger partial charge is 0.327 e. The number of nitrogens with two attached hydrogens (primary N) is 1. The number of benzene rings is 1. The molecule has 3 heteroatoms. The van der Waals surface area contributed by atoms with Gasteiger partial charge in [0.15, 0.2) is 0 Å². The van der Waals surface area contributed by atoms with E-state index < -0.39 is 10.8 Å². The summed E-state index contributed by atoms with van der Waals surface area (Å²) < 4.78 is 12.4. The molecule has 1 aromatic rings. The summed E-state index contributed by atoms with van der Waals surface area (Å²) in [4.78, 5) is 0.917. The zero-order valence-corrected chi connectivity index (χ0v) is 13.5. The van der Waals surface area contributed by atoms with Crippen molar-refractivity contribution in [3.8, 4) is 0 Å². The second-order valence-electron chi connectivity index (χ2n) is 6.30. The van der Waals surface area contributed by atoms with Crippen molar-refractivity contribution >= 4 is 10.8 Å². The minimum Gasteiger partial charge on any atom is -0.327 e. The average molecular weight is 293 g/mol. The van der Waals surface area contributed by atoms with Gasteiger partial charge in [-0.2, -0.15) is 0 Å². The molecule has 0 saturated heterocycles. The van der Waals surface area contributed by atoms with E-state index in [-0.39, 0.29) is 6.04 Å². The third-order valence-electron chi connectivity index (χ3n) is 4.41. The fraction of sp³-hybridized carbons (Fsp3) is 0.647. The molecule has 0 aromatic heterocycles. The second-order valence-corrected chi connectivity index (χ2v) is 7.79. The fourth-order valence-corrected chi connectivity index (χ4v) is 4.23. The van der Waals surface area contributed by atoms with Crippen LogP contribution in [0.25, 0.3) is 0 Å². The highest BCUT2D eigenvalue weighted by molar-refractivity contribution is 7.85. The molecule has 2 atom stereocenters. The van der Waals surface area contributed by atoms with Gasteiger partial charge in [-0.15, -0.1) is 0 Å². The average Bonchev–Trinajstić information content (AvgIpc) is 2.48. The first-order valence-corrected chi connectivity index (χ1v) is 9.13. The van der Waals surface area contributed by atoms with Gasteiger partial charge in [-0.1, -0.05) is 45.2 Å². The van der Waals surface area contributed by atoms with Crippen molar-refractivity contribution in [1.29, 1.82) is 0 Å². The van der Waals surface area contributed by atoms with Gasteiger partial charge in [-0.3, -0.25) is 4.21 Å². The lowest BCUT2D eigenvalue weighted by Gasteiger charge is -2.27. The van der Waals surface area contributed by atoms with Crippen LogP contribution in [-0.4, -0.2) is 16.0 Å². The van der Waals surface area contributed by atoms with E-state index in [1.807, 2.05) is 12.1 Å². The molecule has 0 radical (unpaired) electrons. The van der Waals surface area contributed by atoms with Crippen LogP contribution in [0.5, 0.6) is 0 Å². The van der Waals surface area contributed by atoms with Crippen LogP contribution in [0, 0.1) is 5.92 Å². The van der Waals surface area contributed by atoms with Gasteiger partial charge >= 0.3 is 0 Å². The molecular formula is C17H27NOS. The third-order valence-corrected chi connectivity index (χ3v) is 5.89. The molecule has 20 heavy (non-hydrogen) atoms. The van der Waals surface area contributed by atoms with Crippen LogP contribution in [-0.2, 0) is 10.8 Å². The predicted octanol–water partition coefficient (Wildman–Crippen LogP) is 3.83. The molecular weight excluding hydrogens is 266 g/mol. The Morgan fingerprint density at radius 2 is 1.75 bits per heavy atom. The molecule has 1 saturated carbocycles. The van der Waals surface area contributed by atoms with Crippen molar-refractivity contribution in [3.63, 3.8) is 0 Å². The Labute approximate surface area is 125 Å². The van der Waals surface area contributed by atoms with Gasteiger partial charge in [0.2, 0.25) is 0 Å². The molecule has 0 amide bonds. The van der Waals surface area contributed by atoms with Gasteiger partial charge in [0, 0.05) is 16.7 Å². The normalized spacial score (nSPS) is 20.0. The summed E-state index contributed by atoms with van der Waals surface area (Å²) in [6, 6.07) is 8.26. The van der Waals surface area contributed by atoms with Gasteiger partial charge in [0.25, 0.3) is 0 Å². The van der Waals surface area contributed by atoms with Crippen LogP contribution >= 0.6 is 0 Å². The van der Waals surface area contributed by atoms with Crippen molar-refractivity contribution in [2.45, 2.75) is 62.8 Å². The molecule has 2 nitrogen and oxygen atoms in total. The molecule has 0 aliphatic heterocycles. The highest BCUT2D eigenvalue weighted by atomic mass is 32.2. The van der Waals surface area contributed by atoms with Crippen LogP contribution < -0.4 is 5.73 Å². The zero-order valence-electron chi connectivity index (χ0n) is 12.7. The fourth-order valence-electron chi connectivity index (χ4n) is 2.97. The van der Waals surface area contributed by atoms with Crippen molar-refractivity contribution < 1.29 is 4.21 Å². The maximum absolute atomic E-state index is 12.4. The standard InChI is InChI=1S/C17H27NOS/c1-13(2)14-8-10-16(11-9-14)20(19)12-17(18)15-6-4-3-5-7-15/h8-11,13,15,17H,3-7,12,18H2,1-2H3. The van der Waals surface area contributed by atoms with Crippen molar-refractivity contribution in [2.24, 2.45) is 11.7 Å². The summed E-state index contributed by atoms with van der Waals surface area (Å²) in [5.74, 6) is 1.69. The Hall–Kier alpha value is -0.670. The van der Waals surface area contributed by atoms with Crippen LogP contribution in [0.1, 0.15) is 57.4 Å². The van der Waals surface area contributed by atoms with E-state index >= 15 is 0 Å². The first-order valence-electron chi connectivity index (χ1n) is 7.82. The van der Waals surface area contributed by atoms with E-state index in [2.05, 4.69) is 26.0 Å². The first-order chi connectivity index (χ1) is 9.58. The van der Waals surface area contributed by atoms with E-state index in [1.165, 1.54) is 37.7 Å². The monoisotopic (exact) mass is 293 g/mol. The molecule has 1 aromatic carbocycles. The maximum Gasteiger partial charge on any atom is 0.0545 e. The van der Waals surface area contributed by atoms with Gasteiger partial charge < -0.3 is 5.73 Å². The van der Waals surface area contributed by atoms with Crippen LogP contribution in [0.15, 0.2) is 29.2 Å². The topological polar surface area (TPSA) is 43.1 Å². The Morgan fingerprint density at radius 1 is 1.15 bits per heavy atom. The molecule has 1 fully saturated rings. The lowest BCUT2D eigenvalue weighted by Crippen LogP contribution is -2.36. The molecule has 1 aliphatic carbocycles. The van der Waals surface area contributed by atoms with Crippen molar-refractivity contribution in [3.05, 3.63) is 29.8 Å². The van der Waals surface area contributed by atoms with E-state index in [0.29, 0.717) is 17.6 Å². The number of hydrogen-bond donors (Lipinski definition) is 1. The Balaban J connectivity index is 1.93. The summed E-state index contributed by atoms with van der Waals surface area (Å²) >= 11 is 0. The second kappa shape index (κ2) is 7.37. The number of hydrogen-bond acceptors (Lipinski definition) is 2. The molecule has 1 aliphatic rings. The first kappa shape index (κ1) is 15.7. The Morgan fingerprint density at radius 3 is 2.30 bits per heavy atom. The van der Waals surface area contributed by atoms with Crippen LogP contribution in [0.4, 0.5) is 0 Å². The van der Waals surface area contributed by atoms with Gasteiger partial charge in [-0.25, -0.2) is 0 Å². The lowest BCUT2D eigenvalue weighted by molar-refractivity contribution is 0.318. The SMILES string of the molecule is CC(C)c1ccc(S(=O)CC(N)C2CCCCC2)cc1. The quantitative estimate of drug-likeness (QED) is 0.896. The van der Waals surface area contributed by atoms with E-state index in [1.54, 1.807) is 0 Å². The van der Waals surface area contributed by atoms with Gasteiger partial charge in [-0.05, 0) is 42.4 Å². The van der Waals surface area contributed by atoms with Crippen LogP contribution in [0.3, 0.4) is 0 Å². The maximum atomic E-state index is 12.4. The molecule has 112 valence electrons. The third kappa shape index (κ3) is 4.16. The van der Waals surface area contributed by atoms with Gasteiger partial charge in [0.05, 0.1) is 10.8 Å². The zero-order chi connectivity index (χ0) is 14.5. The van der Waals surface area contributed by atoms with Crippen LogP contribution in [0.2, 0.25) is 0 Å². The summed E-state index contributed by atoms with van der Waals surface area (Å²) in [7, 11) is -0.962. The summed E-state index contributed by atoms with van der Waals surface area (Å²) in [6.07, 6.45) is 6.33. The Bertz CT molecular complexity index is 435. The number of rotatable bonds is 5. The highest BCUT2D eigenvalue weighted by Gasteiger charge is 2.22. The van der Waals surface area contributed by atoms with Crippen molar-refractivity contribution in [1.82, 2.24) is 0 Å². The summed E-state index contributed by atoms with van der Waals surface area (Å²) in [5, 5.41) is 0. The van der Waals surface area contributed by atoms with E-state index in [0.717, 1.165) is 4.90 Å². The minimum atomic E-state index is -0.962. The van der Waals surface area contributed by atoms with E-state index in [4.69, 9.17) is 5.73 Å². The molecule has 2 unspecified atom stereocenters. The van der Waals surface area contributed by atoms with E-state index in [9.17, 15) is 4.21 Å². The summed E-state index contributed by atoms with van der Waals surface area (Å²) in [5.41, 5.74) is 7.57. The minimum absolute atomic E-state index is 0.0842. The predicted molar refractivity (Wildman–Crippen MR) is 86.4 cm³/mol. The molecule has 0 heterocycles.